The predicted molar refractivity (Wildman–Crippen MR) is 95.4 cm³/mol. The molecule has 2 aromatic heterocycles. The van der Waals surface area contributed by atoms with Gasteiger partial charge in [0.15, 0.2) is 0 Å². The Bertz CT molecular complexity index is 867. The number of benzene rings is 1. The van der Waals surface area contributed by atoms with Crippen LogP contribution in [0.3, 0.4) is 0 Å². The van der Waals surface area contributed by atoms with E-state index in [-0.39, 0.29) is 5.91 Å². The number of aromatic nitrogens is 2. The quantitative estimate of drug-likeness (QED) is 0.759. The van der Waals surface area contributed by atoms with Gasteiger partial charge >= 0.3 is 0 Å². The Morgan fingerprint density at radius 2 is 2.08 bits per heavy atom. The van der Waals surface area contributed by atoms with Crippen LogP contribution in [0.5, 0.6) is 0 Å². The van der Waals surface area contributed by atoms with Crippen molar-refractivity contribution in [3.63, 3.8) is 0 Å². The van der Waals surface area contributed by atoms with Gasteiger partial charge in [-0.05, 0) is 54.7 Å². The van der Waals surface area contributed by atoms with Crippen LogP contribution in [-0.4, -0.2) is 33.9 Å². The van der Waals surface area contributed by atoms with Crippen molar-refractivity contribution in [3.05, 3.63) is 65.1 Å². The van der Waals surface area contributed by atoms with Gasteiger partial charge in [-0.25, -0.2) is 0 Å². The Morgan fingerprint density at radius 1 is 1.25 bits per heavy atom. The maximum absolute atomic E-state index is 12.5. The molecule has 1 aliphatic heterocycles. The second-order valence-corrected chi connectivity index (χ2v) is 6.68. The van der Waals surface area contributed by atoms with E-state index >= 15 is 0 Å². The molecule has 0 aliphatic carbocycles. The highest BCUT2D eigenvalue weighted by Gasteiger charge is 2.26. The topological polar surface area (TPSA) is 49.0 Å². The highest BCUT2D eigenvalue weighted by molar-refractivity contribution is 6.31. The molecular weight excluding hydrogens is 322 g/mol. The molecule has 122 valence electrons. The molecule has 0 bridgehead atoms. The molecule has 4 rings (SSSR count). The first kappa shape index (κ1) is 15.2. The summed E-state index contributed by atoms with van der Waals surface area (Å²) in [5, 5.41) is 1.95. The maximum atomic E-state index is 12.5. The average Bonchev–Trinajstić information content (AvgIpc) is 3.05. The minimum absolute atomic E-state index is 0.0727. The third-order valence-electron chi connectivity index (χ3n) is 4.81. The van der Waals surface area contributed by atoms with E-state index in [2.05, 4.69) is 16.2 Å². The lowest BCUT2D eigenvalue weighted by atomic mass is 9.89. The molecule has 24 heavy (non-hydrogen) atoms. The number of nitrogens with one attached hydrogen (secondary N) is 1. The number of hydrogen-bond acceptors (Lipinski definition) is 2. The fraction of sp³-hybridized carbons (Fsp3) is 0.263. The number of carbonyl (C=O) groups excluding carboxylic acids is 1. The Kier molecular flexibility index (Phi) is 3.98. The van der Waals surface area contributed by atoms with E-state index in [0.29, 0.717) is 11.5 Å². The Morgan fingerprint density at radius 3 is 2.83 bits per heavy atom. The fourth-order valence-electron chi connectivity index (χ4n) is 3.52. The van der Waals surface area contributed by atoms with Gasteiger partial charge in [0, 0.05) is 47.6 Å². The van der Waals surface area contributed by atoms with Crippen LogP contribution in [-0.2, 0) is 0 Å². The molecule has 0 atom stereocenters. The van der Waals surface area contributed by atoms with Gasteiger partial charge in [0.1, 0.15) is 0 Å². The van der Waals surface area contributed by atoms with Crippen LogP contribution in [0.25, 0.3) is 10.9 Å². The summed E-state index contributed by atoms with van der Waals surface area (Å²) in [6.45, 7) is 1.54. The van der Waals surface area contributed by atoms with Crippen molar-refractivity contribution in [2.45, 2.75) is 18.8 Å². The molecule has 0 spiro atoms. The number of pyridine rings is 1. The summed E-state index contributed by atoms with van der Waals surface area (Å²) in [4.78, 5) is 21.8. The van der Waals surface area contributed by atoms with Crippen molar-refractivity contribution < 1.29 is 4.79 Å². The van der Waals surface area contributed by atoms with Gasteiger partial charge in [0.05, 0.1) is 5.56 Å². The number of H-pyrrole nitrogens is 1. The lowest BCUT2D eigenvalue weighted by Gasteiger charge is -2.32. The smallest absolute Gasteiger partial charge is 0.255 e. The zero-order chi connectivity index (χ0) is 16.5. The van der Waals surface area contributed by atoms with Crippen LogP contribution in [0.1, 0.15) is 34.7 Å². The van der Waals surface area contributed by atoms with Gasteiger partial charge < -0.3 is 9.88 Å². The molecule has 1 aromatic carbocycles. The molecule has 1 fully saturated rings. The van der Waals surface area contributed by atoms with Gasteiger partial charge in [-0.2, -0.15) is 0 Å². The first-order chi connectivity index (χ1) is 11.7. The largest absolute Gasteiger partial charge is 0.361 e. The van der Waals surface area contributed by atoms with Crippen molar-refractivity contribution in [2.75, 3.05) is 13.1 Å². The number of aromatic amines is 1. The van der Waals surface area contributed by atoms with Crippen LogP contribution in [0.4, 0.5) is 0 Å². The predicted octanol–water partition coefficient (Wildman–Crippen LogP) is 4.24. The molecule has 1 aliphatic rings. The van der Waals surface area contributed by atoms with E-state index in [4.69, 9.17) is 11.6 Å². The standard InChI is InChI=1S/C19H18ClN3O/c20-15-3-4-18-16(10-15)17(12-22-18)13-5-8-23(9-6-13)19(24)14-2-1-7-21-11-14/h1-4,7,10-13,22H,5-6,8-9H2. The Balaban J connectivity index is 1.49. The van der Waals surface area contributed by atoms with Gasteiger partial charge in [-0.3, -0.25) is 9.78 Å². The average molecular weight is 340 g/mol. The van der Waals surface area contributed by atoms with Gasteiger partial charge in [-0.15, -0.1) is 0 Å². The van der Waals surface area contributed by atoms with Crippen molar-refractivity contribution >= 4 is 28.4 Å². The molecule has 5 heteroatoms. The van der Waals surface area contributed by atoms with Crippen LogP contribution < -0.4 is 0 Å². The van der Waals surface area contributed by atoms with E-state index in [1.807, 2.05) is 29.2 Å². The molecule has 1 N–H and O–H groups in total. The van der Waals surface area contributed by atoms with E-state index < -0.39 is 0 Å². The van der Waals surface area contributed by atoms with E-state index in [1.54, 1.807) is 18.5 Å². The van der Waals surface area contributed by atoms with Gasteiger partial charge in [-0.1, -0.05) is 11.6 Å². The number of amides is 1. The summed E-state index contributed by atoms with van der Waals surface area (Å²) in [6.07, 6.45) is 7.34. The molecule has 3 aromatic rings. The van der Waals surface area contributed by atoms with Gasteiger partial charge in [0.25, 0.3) is 5.91 Å². The molecule has 1 amide bonds. The highest BCUT2D eigenvalue weighted by Crippen LogP contribution is 2.34. The molecule has 3 heterocycles. The van der Waals surface area contributed by atoms with Crippen LogP contribution in [0.15, 0.2) is 48.9 Å². The number of fused-ring (bicyclic) bond motifs is 1. The molecule has 4 nitrogen and oxygen atoms in total. The van der Waals surface area contributed by atoms with E-state index in [1.165, 1.54) is 10.9 Å². The third kappa shape index (κ3) is 2.78. The van der Waals surface area contributed by atoms with Crippen LogP contribution in [0.2, 0.25) is 5.02 Å². The molecular formula is C19H18ClN3O. The van der Waals surface area contributed by atoms with Crippen LogP contribution in [0, 0.1) is 0 Å². The minimum atomic E-state index is 0.0727. The van der Waals surface area contributed by atoms with Crippen molar-refractivity contribution in [3.8, 4) is 0 Å². The molecule has 0 radical (unpaired) electrons. The maximum Gasteiger partial charge on any atom is 0.255 e. The lowest BCUT2D eigenvalue weighted by Crippen LogP contribution is -2.37. The van der Waals surface area contributed by atoms with Crippen LogP contribution >= 0.6 is 11.6 Å². The molecule has 0 unspecified atom stereocenters. The van der Waals surface area contributed by atoms with Gasteiger partial charge in [0.2, 0.25) is 0 Å². The molecule has 0 saturated carbocycles. The monoisotopic (exact) mass is 339 g/mol. The summed E-state index contributed by atoms with van der Waals surface area (Å²) < 4.78 is 0. The summed E-state index contributed by atoms with van der Waals surface area (Å²) in [6, 6.07) is 9.57. The second-order valence-electron chi connectivity index (χ2n) is 6.24. The number of carbonyl (C=O) groups is 1. The van der Waals surface area contributed by atoms with Crippen molar-refractivity contribution in [1.29, 1.82) is 0 Å². The number of likely N-dealkylation sites (tertiary alicyclic amines) is 1. The minimum Gasteiger partial charge on any atom is -0.361 e. The van der Waals surface area contributed by atoms with Crippen molar-refractivity contribution in [1.82, 2.24) is 14.9 Å². The first-order valence-electron chi connectivity index (χ1n) is 8.18. The summed E-state index contributed by atoms with van der Waals surface area (Å²) >= 11 is 6.15. The number of piperidine rings is 1. The zero-order valence-electron chi connectivity index (χ0n) is 13.2. The summed E-state index contributed by atoms with van der Waals surface area (Å²) in [7, 11) is 0. The highest BCUT2D eigenvalue weighted by atomic mass is 35.5. The number of halogens is 1. The Hall–Kier alpha value is -2.33. The lowest BCUT2D eigenvalue weighted by molar-refractivity contribution is 0.0713. The zero-order valence-corrected chi connectivity index (χ0v) is 14.0. The van der Waals surface area contributed by atoms with Crippen molar-refractivity contribution in [2.24, 2.45) is 0 Å². The summed E-state index contributed by atoms with van der Waals surface area (Å²) in [5.74, 6) is 0.527. The normalized spacial score (nSPS) is 15.8. The van der Waals surface area contributed by atoms with E-state index in [0.717, 1.165) is 36.5 Å². The number of rotatable bonds is 2. The fourth-order valence-corrected chi connectivity index (χ4v) is 3.69. The number of nitrogens with zero attached hydrogens (tertiary/aromatic N) is 2. The Labute approximate surface area is 145 Å². The third-order valence-corrected chi connectivity index (χ3v) is 5.04. The first-order valence-corrected chi connectivity index (χ1v) is 8.56. The number of hydrogen-bond donors (Lipinski definition) is 1. The summed E-state index contributed by atoms with van der Waals surface area (Å²) in [5.41, 5.74) is 3.08. The van der Waals surface area contributed by atoms with E-state index in [9.17, 15) is 4.79 Å². The second kappa shape index (κ2) is 6.29. The SMILES string of the molecule is O=C(c1cccnc1)N1CCC(c2c[nH]c3ccc(Cl)cc23)CC1. The molecule has 1 saturated heterocycles.